The molecule has 8 heteroatoms. The molecule has 2 aliphatic rings. The number of aliphatic hydroxyl groups excluding tert-OH is 2. The molecule has 29 heavy (non-hydrogen) atoms. The first-order valence-electron chi connectivity index (χ1n) is 10.2. The summed E-state index contributed by atoms with van der Waals surface area (Å²) in [6, 6.07) is 7.58. The Bertz CT molecular complexity index is 992. The standard InChI is InChI=1S/C21H25N5O2S/c1-11-17(20-24-13-4-2-3-5-16(13)29-20)19(25-18-14(27)8-9-15(18)28)26-21(23-11)22-10-12-6-7-12/h2-5,12,14-15,18,27-28H,6-10H2,1H3,(H2,22,23,25,26)/t14-,15+,18+. The van der Waals surface area contributed by atoms with Crippen molar-refractivity contribution in [2.75, 3.05) is 17.2 Å². The number of aryl methyl sites for hydroxylation is 1. The summed E-state index contributed by atoms with van der Waals surface area (Å²) in [6.07, 6.45) is 2.44. The number of aliphatic hydroxyl groups is 2. The first-order valence-corrected chi connectivity index (χ1v) is 11.0. The Morgan fingerprint density at radius 1 is 1.03 bits per heavy atom. The van der Waals surface area contributed by atoms with Crippen LogP contribution in [-0.2, 0) is 0 Å². The van der Waals surface area contributed by atoms with Gasteiger partial charge in [-0.2, -0.15) is 4.98 Å². The normalized spacial score (nSPS) is 24.2. The van der Waals surface area contributed by atoms with Crippen LogP contribution >= 0.6 is 11.3 Å². The van der Waals surface area contributed by atoms with Crippen molar-refractivity contribution in [3.05, 3.63) is 30.0 Å². The highest BCUT2D eigenvalue weighted by Gasteiger charge is 2.35. The molecule has 4 N–H and O–H groups in total. The third kappa shape index (κ3) is 3.80. The maximum Gasteiger partial charge on any atom is 0.224 e. The van der Waals surface area contributed by atoms with Gasteiger partial charge >= 0.3 is 0 Å². The molecule has 152 valence electrons. The summed E-state index contributed by atoms with van der Waals surface area (Å²) in [5.74, 6) is 1.89. The van der Waals surface area contributed by atoms with Crippen LogP contribution in [-0.4, -0.2) is 50.0 Å². The van der Waals surface area contributed by atoms with Crippen LogP contribution in [0.1, 0.15) is 31.4 Å². The molecule has 3 aromatic rings. The first-order chi connectivity index (χ1) is 14.1. The third-order valence-corrected chi connectivity index (χ3v) is 6.79. The van der Waals surface area contributed by atoms with Crippen LogP contribution in [0.4, 0.5) is 11.8 Å². The molecule has 2 heterocycles. The summed E-state index contributed by atoms with van der Waals surface area (Å²) in [7, 11) is 0. The van der Waals surface area contributed by atoms with E-state index in [2.05, 4.69) is 21.7 Å². The summed E-state index contributed by atoms with van der Waals surface area (Å²) in [5, 5.41) is 28.1. The molecule has 0 aliphatic heterocycles. The van der Waals surface area contributed by atoms with Crippen LogP contribution in [0.15, 0.2) is 24.3 Å². The molecule has 0 unspecified atom stereocenters. The average molecular weight is 412 g/mol. The number of aromatic nitrogens is 3. The number of nitrogens with zero attached hydrogens (tertiary/aromatic N) is 3. The Balaban J connectivity index is 1.55. The predicted octanol–water partition coefficient (Wildman–Crippen LogP) is 3.18. The van der Waals surface area contributed by atoms with Crippen molar-refractivity contribution < 1.29 is 10.2 Å². The highest BCUT2D eigenvalue weighted by atomic mass is 32.1. The number of fused-ring (bicyclic) bond motifs is 1. The fourth-order valence-corrected chi connectivity index (χ4v) is 4.92. The van der Waals surface area contributed by atoms with Gasteiger partial charge in [0.2, 0.25) is 5.95 Å². The van der Waals surface area contributed by atoms with E-state index in [0.29, 0.717) is 30.5 Å². The van der Waals surface area contributed by atoms with Gasteiger partial charge in [0.25, 0.3) is 0 Å². The van der Waals surface area contributed by atoms with E-state index in [9.17, 15) is 10.2 Å². The van der Waals surface area contributed by atoms with Crippen LogP contribution in [0.2, 0.25) is 0 Å². The third-order valence-electron chi connectivity index (χ3n) is 5.73. The number of anilines is 2. The number of hydrogen-bond acceptors (Lipinski definition) is 8. The van der Waals surface area contributed by atoms with Crippen molar-refractivity contribution in [1.29, 1.82) is 0 Å². The van der Waals surface area contributed by atoms with Gasteiger partial charge in [-0.1, -0.05) is 12.1 Å². The smallest absolute Gasteiger partial charge is 0.224 e. The van der Waals surface area contributed by atoms with Gasteiger partial charge in [0.1, 0.15) is 10.8 Å². The van der Waals surface area contributed by atoms with E-state index in [-0.39, 0.29) is 0 Å². The van der Waals surface area contributed by atoms with Crippen molar-refractivity contribution in [2.45, 2.75) is 50.9 Å². The second-order valence-corrected chi connectivity index (χ2v) is 9.08. The molecule has 3 atom stereocenters. The van der Waals surface area contributed by atoms with Crippen molar-refractivity contribution in [2.24, 2.45) is 5.92 Å². The first kappa shape index (κ1) is 18.7. The van der Waals surface area contributed by atoms with Crippen LogP contribution in [0.25, 0.3) is 20.8 Å². The fraction of sp³-hybridized carbons (Fsp3) is 0.476. The van der Waals surface area contributed by atoms with E-state index in [0.717, 1.165) is 33.0 Å². The number of hydrogen-bond donors (Lipinski definition) is 4. The molecule has 7 nitrogen and oxygen atoms in total. The number of para-hydroxylation sites is 1. The van der Waals surface area contributed by atoms with E-state index in [1.54, 1.807) is 11.3 Å². The Kier molecular flexibility index (Phi) is 4.85. The molecule has 2 aliphatic carbocycles. The quantitative estimate of drug-likeness (QED) is 0.494. The molecule has 2 fully saturated rings. The van der Waals surface area contributed by atoms with Gasteiger partial charge in [0, 0.05) is 6.54 Å². The maximum atomic E-state index is 10.3. The maximum absolute atomic E-state index is 10.3. The van der Waals surface area contributed by atoms with Crippen LogP contribution in [0, 0.1) is 12.8 Å². The van der Waals surface area contributed by atoms with E-state index < -0.39 is 18.2 Å². The second-order valence-electron chi connectivity index (χ2n) is 8.05. The molecular weight excluding hydrogens is 386 g/mol. The zero-order valence-electron chi connectivity index (χ0n) is 16.3. The monoisotopic (exact) mass is 411 g/mol. The minimum atomic E-state index is -0.605. The van der Waals surface area contributed by atoms with Gasteiger partial charge in [-0.3, -0.25) is 0 Å². The average Bonchev–Trinajstić information content (AvgIpc) is 3.36. The Hall–Kier alpha value is -2.29. The van der Waals surface area contributed by atoms with Crippen molar-refractivity contribution in [3.63, 3.8) is 0 Å². The van der Waals surface area contributed by atoms with Crippen molar-refractivity contribution >= 4 is 33.3 Å². The highest BCUT2D eigenvalue weighted by molar-refractivity contribution is 7.21. The van der Waals surface area contributed by atoms with Crippen molar-refractivity contribution in [3.8, 4) is 10.6 Å². The molecule has 0 radical (unpaired) electrons. The van der Waals surface area contributed by atoms with Gasteiger partial charge in [0.15, 0.2) is 0 Å². The molecule has 0 spiro atoms. The fourth-order valence-electron chi connectivity index (χ4n) is 3.86. The predicted molar refractivity (Wildman–Crippen MR) is 115 cm³/mol. The Morgan fingerprint density at radius 2 is 1.79 bits per heavy atom. The van der Waals surface area contributed by atoms with E-state index in [1.807, 2.05) is 25.1 Å². The number of nitrogens with one attached hydrogen (secondary N) is 2. The Labute approximate surface area is 173 Å². The van der Waals surface area contributed by atoms with Crippen LogP contribution in [0.3, 0.4) is 0 Å². The van der Waals surface area contributed by atoms with Gasteiger partial charge in [-0.15, -0.1) is 11.3 Å². The lowest BCUT2D eigenvalue weighted by atomic mass is 10.1. The van der Waals surface area contributed by atoms with Gasteiger partial charge in [-0.25, -0.2) is 9.97 Å². The summed E-state index contributed by atoms with van der Waals surface area (Å²) >= 11 is 1.60. The van der Waals surface area contributed by atoms with Gasteiger partial charge in [-0.05, 0) is 50.7 Å². The molecular formula is C21H25N5O2S. The number of thiazole rings is 1. The topological polar surface area (TPSA) is 103 Å². The minimum absolute atomic E-state index is 0.450. The van der Waals surface area contributed by atoms with Crippen molar-refractivity contribution in [1.82, 2.24) is 15.0 Å². The summed E-state index contributed by atoms with van der Waals surface area (Å²) in [5.41, 5.74) is 2.59. The largest absolute Gasteiger partial charge is 0.391 e. The summed E-state index contributed by atoms with van der Waals surface area (Å²) in [6.45, 7) is 2.83. The van der Waals surface area contributed by atoms with Gasteiger partial charge < -0.3 is 20.8 Å². The summed E-state index contributed by atoms with van der Waals surface area (Å²) in [4.78, 5) is 14.2. The van der Waals surface area contributed by atoms with E-state index >= 15 is 0 Å². The van der Waals surface area contributed by atoms with E-state index in [1.165, 1.54) is 12.8 Å². The number of benzene rings is 1. The molecule has 5 rings (SSSR count). The molecule has 2 aromatic heterocycles. The lowest BCUT2D eigenvalue weighted by Crippen LogP contribution is -2.37. The lowest BCUT2D eigenvalue weighted by Gasteiger charge is -2.23. The van der Waals surface area contributed by atoms with Crippen LogP contribution < -0.4 is 10.6 Å². The molecule has 0 amide bonds. The molecule has 0 saturated heterocycles. The molecule has 0 bridgehead atoms. The van der Waals surface area contributed by atoms with Crippen LogP contribution in [0.5, 0.6) is 0 Å². The summed E-state index contributed by atoms with van der Waals surface area (Å²) < 4.78 is 1.10. The molecule has 1 aromatic carbocycles. The SMILES string of the molecule is Cc1nc(NCC2CC2)nc(N[C@H]2[C@H](O)CC[C@@H]2O)c1-c1nc2ccccc2s1. The van der Waals surface area contributed by atoms with E-state index in [4.69, 9.17) is 9.97 Å². The zero-order chi connectivity index (χ0) is 20.0. The zero-order valence-corrected chi connectivity index (χ0v) is 17.1. The number of rotatable bonds is 6. The highest BCUT2D eigenvalue weighted by Crippen LogP contribution is 2.37. The minimum Gasteiger partial charge on any atom is -0.391 e. The van der Waals surface area contributed by atoms with Gasteiger partial charge in [0.05, 0.1) is 39.7 Å². The second kappa shape index (κ2) is 7.51. The lowest BCUT2D eigenvalue weighted by molar-refractivity contribution is 0.120. The Morgan fingerprint density at radius 3 is 2.52 bits per heavy atom. The molecule has 2 saturated carbocycles.